The predicted molar refractivity (Wildman–Crippen MR) is 117 cm³/mol. The second kappa shape index (κ2) is 7.20. The van der Waals surface area contributed by atoms with E-state index in [4.69, 9.17) is 14.2 Å². The van der Waals surface area contributed by atoms with Crippen LogP contribution in [0, 0.1) is 23.7 Å². The maximum atomic E-state index is 12.2. The van der Waals surface area contributed by atoms with Crippen molar-refractivity contribution in [3.8, 4) is 0 Å². The van der Waals surface area contributed by atoms with E-state index in [0.717, 1.165) is 17.6 Å². The lowest BCUT2D eigenvalue weighted by Crippen LogP contribution is -2.69. The van der Waals surface area contributed by atoms with Crippen molar-refractivity contribution >= 4 is 5.97 Å². The summed E-state index contributed by atoms with van der Waals surface area (Å²) in [5, 5.41) is 0. The maximum Gasteiger partial charge on any atom is 0.303 e. The van der Waals surface area contributed by atoms with E-state index in [9.17, 15) is 4.79 Å². The van der Waals surface area contributed by atoms with Crippen molar-refractivity contribution in [3.05, 3.63) is 47.5 Å². The van der Waals surface area contributed by atoms with Gasteiger partial charge in [0.05, 0.1) is 0 Å². The third-order valence-electron chi connectivity index (χ3n) is 7.59. The SMILES string of the molecule is CC(=O)O[C@@H]1C(C)=C[C@H]2[C@@H](C(C)C)CC[C@H](C)[C@]23OC(C)(C)O[C@@]13c1ccccc1. The van der Waals surface area contributed by atoms with Gasteiger partial charge in [-0.15, -0.1) is 0 Å². The molecule has 1 saturated heterocycles. The number of hydrogen-bond acceptors (Lipinski definition) is 4. The maximum absolute atomic E-state index is 12.2. The Bertz CT molecular complexity index is 842. The van der Waals surface area contributed by atoms with E-state index in [0.29, 0.717) is 11.8 Å². The van der Waals surface area contributed by atoms with Gasteiger partial charge >= 0.3 is 5.97 Å². The fraction of sp³-hybridized carbons (Fsp3) is 0.654. The molecule has 1 spiro atoms. The summed E-state index contributed by atoms with van der Waals surface area (Å²) in [6.07, 6.45) is 4.04. The molecule has 1 heterocycles. The standard InChI is InChI=1S/C26H36O4/c1-16(2)21-14-13-18(4)25-22(21)15-17(3)23(28-19(5)27)26(25,30-24(6,7)29-25)20-11-9-8-10-12-20/h8-12,15-16,18,21-23H,13-14H2,1-7H3/t18-,21+,22-,23+,25-,26-/m0/s1. The molecule has 164 valence electrons. The molecule has 4 nitrogen and oxygen atoms in total. The number of carbonyl (C=O) groups is 1. The number of esters is 1. The molecule has 1 aliphatic heterocycles. The highest BCUT2D eigenvalue weighted by Gasteiger charge is 2.76. The van der Waals surface area contributed by atoms with Crippen LogP contribution in [-0.2, 0) is 24.6 Å². The van der Waals surface area contributed by atoms with Crippen LogP contribution in [0.3, 0.4) is 0 Å². The highest BCUT2D eigenvalue weighted by molar-refractivity contribution is 5.67. The minimum absolute atomic E-state index is 0.190. The van der Waals surface area contributed by atoms with Gasteiger partial charge in [0.1, 0.15) is 5.60 Å². The highest BCUT2D eigenvalue weighted by Crippen LogP contribution is 2.67. The molecule has 30 heavy (non-hydrogen) atoms. The fourth-order valence-electron chi connectivity index (χ4n) is 6.64. The summed E-state index contributed by atoms with van der Waals surface area (Å²) in [5.41, 5.74) is 0.580. The van der Waals surface area contributed by atoms with Crippen molar-refractivity contribution in [1.29, 1.82) is 0 Å². The Morgan fingerprint density at radius 2 is 1.80 bits per heavy atom. The lowest BCUT2D eigenvalue weighted by molar-refractivity contribution is -0.209. The van der Waals surface area contributed by atoms with E-state index >= 15 is 0 Å². The highest BCUT2D eigenvalue weighted by atomic mass is 16.8. The van der Waals surface area contributed by atoms with Crippen LogP contribution in [-0.4, -0.2) is 23.5 Å². The summed E-state index contributed by atoms with van der Waals surface area (Å²) >= 11 is 0. The fourth-order valence-corrected chi connectivity index (χ4v) is 6.64. The van der Waals surface area contributed by atoms with E-state index in [2.05, 4.69) is 45.9 Å². The van der Waals surface area contributed by atoms with Gasteiger partial charge in [-0.05, 0) is 62.5 Å². The van der Waals surface area contributed by atoms with Crippen molar-refractivity contribution in [3.63, 3.8) is 0 Å². The zero-order valence-electron chi connectivity index (χ0n) is 19.4. The Hall–Kier alpha value is -1.65. The monoisotopic (exact) mass is 412 g/mol. The normalized spacial score (nSPS) is 39.8. The summed E-state index contributed by atoms with van der Waals surface area (Å²) in [7, 11) is 0. The molecule has 0 amide bonds. The molecule has 3 aliphatic rings. The zero-order chi connectivity index (χ0) is 21.9. The Morgan fingerprint density at radius 1 is 1.13 bits per heavy atom. The lowest BCUT2D eigenvalue weighted by Gasteiger charge is -2.60. The van der Waals surface area contributed by atoms with Gasteiger partial charge in [0.15, 0.2) is 17.5 Å². The van der Waals surface area contributed by atoms with Gasteiger partial charge in [-0.1, -0.05) is 57.2 Å². The molecule has 2 aliphatic carbocycles. The van der Waals surface area contributed by atoms with Gasteiger partial charge in [0, 0.05) is 12.8 Å². The largest absolute Gasteiger partial charge is 0.454 e. The Morgan fingerprint density at radius 3 is 2.40 bits per heavy atom. The second-order valence-corrected chi connectivity index (χ2v) is 10.3. The summed E-state index contributed by atoms with van der Waals surface area (Å²) in [5.74, 6) is 0.355. The summed E-state index contributed by atoms with van der Waals surface area (Å²) in [6.45, 7) is 14.4. The molecule has 2 fully saturated rings. The van der Waals surface area contributed by atoms with Gasteiger partial charge in [-0.2, -0.15) is 0 Å². The minimum Gasteiger partial charge on any atom is -0.454 e. The molecule has 0 radical (unpaired) electrons. The molecule has 0 N–H and O–H groups in total. The smallest absolute Gasteiger partial charge is 0.303 e. The zero-order valence-corrected chi connectivity index (χ0v) is 19.4. The van der Waals surface area contributed by atoms with Crippen LogP contribution in [0.15, 0.2) is 42.0 Å². The van der Waals surface area contributed by atoms with Gasteiger partial charge in [-0.25, -0.2) is 0 Å². The summed E-state index contributed by atoms with van der Waals surface area (Å²) in [4.78, 5) is 12.2. The first-order valence-corrected chi connectivity index (χ1v) is 11.4. The van der Waals surface area contributed by atoms with Crippen molar-refractivity contribution in [2.24, 2.45) is 23.7 Å². The molecule has 1 saturated carbocycles. The van der Waals surface area contributed by atoms with Crippen molar-refractivity contribution < 1.29 is 19.0 Å². The molecule has 0 aromatic heterocycles. The predicted octanol–water partition coefficient (Wildman–Crippen LogP) is 5.61. The van der Waals surface area contributed by atoms with Crippen LogP contribution in [0.2, 0.25) is 0 Å². The Balaban J connectivity index is 2.06. The van der Waals surface area contributed by atoms with E-state index < -0.39 is 23.1 Å². The van der Waals surface area contributed by atoms with Crippen molar-refractivity contribution in [2.75, 3.05) is 0 Å². The first kappa shape index (κ1) is 21.6. The Kier molecular flexibility index (Phi) is 5.18. The van der Waals surface area contributed by atoms with Gasteiger partial charge in [0.25, 0.3) is 0 Å². The van der Waals surface area contributed by atoms with Crippen LogP contribution in [0.4, 0.5) is 0 Å². The van der Waals surface area contributed by atoms with E-state index in [1.165, 1.54) is 13.3 Å². The Labute approximate surface area is 181 Å². The van der Waals surface area contributed by atoms with Crippen LogP contribution >= 0.6 is 0 Å². The molecular formula is C26H36O4. The van der Waals surface area contributed by atoms with Crippen LogP contribution in [0.1, 0.15) is 66.9 Å². The summed E-state index contributed by atoms with van der Waals surface area (Å²) in [6, 6.07) is 10.3. The number of rotatable bonds is 3. The molecule has 4 heteroatoms. The summed E-state index contributed by atoms with van der Waals surface area (Å²) < 4.78 is 20.0. The first-order chi connectivity index (χ1) is 14.0. The number of ether oxygens (including phenoxy) is 3. The van der Waals surface area contributed by atoms with Crippen molar-refractivity contribution in [1.82, 2.24) is 0 Å². The van der Waals surface area contributed by atoms with E-state index in [1.54, 1.807) is 0 Å². The number of carbonyl (C=O) groups excluding carboxylic acids is 1. The number of hydrogen-bond donors (Lipinski definition) is 0. The molecule has 0 bridgehead atoms. The van der Waals surface area contributed by atoms with Crippen LogP contribution in [0.5, 0.6) is 0 Å². The second-order valence-electron chi connectivity index (χ2n) is 10.3. The topological polar surface area (TPSA) is 44.8 Å². The number of benzene rings is 1. The first-order valence-electron chi connectivity index (χ1n) is 11.4. The average Bonchev–Trinajstić information content (AvgIpc) is 2.93. The van der Waals surface area contributed by atoms with Gasteiger partial charge in [0.2, 0.25) is 0 Å². The molecule has 4 rings (SSSR count). The third kappa shape index (κ3) is 2.90. The lowest BCUT2D eigenvalue weighted by atomic mass is 9.50. The quantitative estimate of drug-likeness (QED) is 0.478. The minimum atomic E-state index is -0.889. The molecular weight excluding hydrogens is 376 g/mol. The van der Waals surface area contributed by atoms with Gasteiger partial charge in [-0.3, -0.25) is 4.79 Å². The van der Waals surface area contributed by atoms with Gasteiger partial charge < -0.3 is 14.2 Å². The molecule has 1 aromatic rings. The average molecular weight is 413 g/mol. The van der Waals surface area contributed by atoms with Crippen LogP contribution in [0.25, 0.3) is 0 Å². The van der Waals surface area contributed by atoms with Crippen molar-refractivity contribution in [2.45, 2.75) is 84.4 Å². The molecule has 6 atom stereocenters. The molecule has 1 aromatic carbocycles. The molecule has 0 unspecified atom stereocenters. The van der Waals surface area contributed by atoms with E-state index in [1.807, 2.05) is 32.0 Å². The van der Waals surface area contributed by atoms with E-state index in [-0.39, 0.29) is 17.8 Å². The van der Waals surface area contributed by atoms with Crippen LogP contribution < -0.4 is 0 Å². The third-order valence-corrected chi connectivity index (χ3v) is 7.59.